The zero-order valence-corrected chi connectivity index (χ0v) is 6.71. The molecule has 0 fully saturated rings. The number of nitrogens with two attached hydrogens (primary N) is 1. The van der Waals surface area contributed by atoms with Crippen LogP contribution in [-0.2, 0) is 4.84 Å². The van der Waals surface area contributed by atoms with E-state index in [2.05, 4.69) is 6.58 Å². The topological polar surface area (TPSA) is 38.5 Å². The van der Waals surface area contributed by atoms with Crippen molar-refractivity contribution in [3.8, 4) is 0 Å². The van der Waals surface area contributed by atoms with E-state index in [1.165, 1.54) is 0 Å². The maximum Gasteiger partial charge on any atom is 0.0838 e. The van der Waals surface area contributed by atoms with Gasteiger partial charge in [0.25, 0.3) is 0 Å². The van der Waals surface area contributed by atoms with E-state index in [-0.39, 0.29) is 6.04 Å². The molecule has 0 aliphatic rings. The third-order valence-electron chi connectivity index (χ3n) is 1.02. The van der Waals surface area contributed by atoms with Gasteiger partial charge in [-0.05, 0) is 6.42 Å². The van der Waals surface area contributed by atoms with Gasteiger partial charge >= 0.3 is 0 Å². The summed E-state index contributed by atoms with van der Waals surface area (Å²) >= 11 is 0. The molecule has 0 aliphatic carbocycles. The standard InChI is InChI=1S/C7H16N2O/c1-4-5-7(8)6-10-9(2)3/h4,7H,1,5-6,8H2,2-3H3. The zero-order chi connectivity index (χ0) is 7.98. The SMILES string of the molecule is C=CCC(N)CON(C)C. The Kier molecular flexibility index (Phi) is 5.20. The second kappa shape index (κ2) is 5.41. The Labute approximate surface area is 62.4 Å². The predicted octanol–water partition coefficient (Wildman–Crippen LogP) is 0.383. The minimum Gasteiger partial charge on any atom is -0.325 e. The van der Waals surface area contributed by atoms with Crippen LogP contribution < -0.4 is 5.73 Å². The molecule has 0 rings (SSSR count). The summed E-state index contributed by atoms with van der Waals surface area (Å²) < 4.78 is 0. The second-order valence-electron chi connectivity index (χ2n) is 2.39. The van der Waals surface area contributed by atoms with Gasteiger partial charge in [-0.2, -0.15) is 5.06 Å². The van der Waals surface area contributed by atoms with E-state index in [4.69, 9.17) is 10.6 Å². The van der Waals surface area contributed by atoms with Crippen molar-refractivity contribution in [2.75, 3.05) is 20.7 Å². The van der Waals surface area contributed by atoms with E-state index in [1.807, 2.05) is 14.1 Å². The van der Waals surface area contributed by atoms with Crippen LogP contribution in [0.3, 0.4) is 0 Å². The van der Waals surface area contributed by atoms with E-state index < -0.39 is 0 Å². The Balaban J connectivity index is 3.20. The van der Waals surface area contributed by atoms with Crippen molar-refractivity contribution in [1.29, 1.82) is 0 Å². The Hall–Kier alpha value is -0.380. The van der Waals surface area contributed by atoms with Crippen molar-refractivity contribution in [1.82, 2.24) is 5.06 Å². The maximum absolute atomic E-state index is 5.61. The lowest BCUT2D eigenvalue weighted by atomic mass is 10.2. The van der Waals surface area contributed by atoms with Crippen LogP contribution in [0, 0.1) is 0 Å². The van der Waals surface area contributed by atoms with Crippen LogP contribution in [-0.4, -0.2) is 31.8 Å². The highest BCUT2D eigenvalue weighted by Crippen LogP contribution is 1.90. The molecule has 3 nitrogen and oxygen atoms in total. The fraction of sp³-hybridized carbons (Fsp3) is 0.714. The largest absolute Gasteiger partial charge is 0.325 e. The minimum atomic E-state index is 0.0694. The molecule has 60 valence electrons. The lowest BCUT2D eigenvalue weighted by molar-refractivity contribution is -0.123. The summed E-state index contributed by atoms with van der Waals surface area (Å²) in [7, 11) is 3.67. The van der Waals surface area contributed by atoms with E-state index in [9.17, 15) is 0 Å². The fourth-order valence-corrected chi connectivity index (χ4v) is 0.527. The van der Waals surface area contributed by atoms with E-state index in [1.54, 1.807) is 11.1 Å². The van der Waals surface area contributed by atoms with Gasteiger partial charge in [-0.15, -0.1) is 6.58 Å². The minimum absolute atomic E-state index is 0.0694. The van der Waals surface area contributed by atoms with Crippen LogP contribution in [0.15, 0.2) is 12.7 Å². The third-order valence-corrected chi connectivity index (χ3v) is 1.02. The van der Waals surface area contributed by atoms with Crippen LogP contribution >= 0.6 is 0 Å². The molecule has 0 heterocycles. The van der Waals surface area contributed by atoms with Crippen LogP contribution in [0.4, 0.5) is 0 Å². The first-order valence-electron chi connectivity index (χ1n) is 3.33. The summed E-state index contributed by atoms with van der Waals surface area (Å²) in [6.45, 7) is 4.13. The summed E-state index contributed by atoms with van der Waals surface area (Å²) in [5.74, 6) is 0. The summed E-state index contributed by atoms with van der Waals surface area (Å²) in [6, 6.07) is 0.0694. The molecule has 2 N–H and O–H groups in total. The van der Waals surface area contributed by atoms with Crippen molar-refractivity contribution in [3.63, 3.8) is 0 Å². The van der Waals surface area contributed by atoms with Crippen LogP contribution in [0.25, 0.3) is 0 Å². The number of rotatable bonds is 5. The molecule has 10 heavy (non-hydrogen) atoms. The Bertz CT molecular complexity index is 93.6. The molecule has 1 unspecified atom stereocenters. The van der Waals surface area contributed by atoms with Crippen LogP contribution in [0.2, 0.25) is 0 Å². The first kappa shape index (κ1) is 9.62. The second-order valence-corrected chi connectivity index (χ2v) is 2.39. The summed E-state index contributed by atoms with van der Waals surface area (Å²) in [5.41, 5.74) is 5.61. The smallest absolute Gasteiger partial charge is 0.0838 e. The lowest BCUT2D eigenvalue weighted by Crippen LogP contribution is -2.29. The molecular formula is C7H16N2O. The van der Waals surface area contributed by atoms with E-state index >= 15 is 0 Å². The monoisotopic (exact) mass is 144 g/mol. The third kappa shape index (κ3) is 5.75. The van der Waals surface area contributed by atoms with Gasteiger partial charge in [0.1, 0.15) is 0 Å². The van der Waals surface area contributed by atoms with Gasteiger partial charge in [-0.3, -0.25) is 4.84 Å². The van der Waals surface area contributed by atoms with Gasteiger partial charge in [0.15, 0.2) is 0 Å². The maximum atomic E-state index is 5.61. The molecule has 0 aliphatic heterocycles. The Morgan fingerprint density at radius 3 is 2.70 bits per heavy atom. The number of hydrogen-bond donors (Lipinski definition) is 1. The van der Waals surface area contributed by atoms with Gasteiger partial charge in [-0.25, -0.2) is 0 Å². The molecule has 0 saturated heterocycles. The van der Waals surface area contributed by atoms with Crippen molar-refractivity contribution < 1.29 is 4.84 Å². The first-order valence-corrected chi connectivity index (χ1v) is 3.33. The van der Waals surface area contributed by atoms with Gasteiger partial charge in [0.05, 0.1) is 6.61 Å². The molecule has 0 amide bonds. The summed E-state index contributed by atoms with van der Waals surface area (Å²) in [4.78, 5) is 5.12. The predicted molar refractivity (Wildman–Crippen MR) is 42.4 cm³/mol. The summed E-state index contributed by atoms with van der Waals surface area (Å²) in [5, 5.41) is 1.64. The highest BCUT2D eigenvalue weighted by atomic mass is 16.7. The van der Waals surface area contributed by atoms with E-state index in [0.717, 1.165) is 6.42 Å². The number of hydroxylamine groups is 2. The quantitative estimate of drug-likeness (QED) is 0.448. The molecule has 0 saturated carbocycles. The average molecular weight is 144 g/mol. The van der Waals surface area contributed by atoms with Crippen molar-refractivity contribution in [2.24, 2.45) is 5.73 Å². The van der Waals surface area contributed by atoms with Crippen molar-refractivity contribution >= 4 is 0 Å². The zero-order valence-electron chi connectivity index (χ0n) is 6.71. The first-order chi connectivity index (χ1) is 4.66. The average Bonchev–Trinajstić information content (AvgIpc) is 1.85. The van der Waals surface area contributed by atoms with Gasteiger partial charge in [0, 0.05) is 20.1 Å². The number of hydrogen-bond acceptors (Lipinski definition) is 3. The Morgan fingerprint density at radius 2 is 2.30 bits per heavy atom. The molecule has 3 heteroatoms. The molecule has 0 aromatic rings. The van der Waals surface area contributed by atoms with Crippen LogP contribution in [0.5, 0.6) is 0 Å². The van der Waals surface area contributed by atoms with Gasteiger partial charge in [0.2, 0.25) is 0 Å². The highest BCUT2D eigenvalue weighted by molar-refractivity contribution is 4.74. The van der Waals surface area contributed by atoms with Gasteiger partial charge in [-0.1, -0.05) is 6.08 Å². The molecule has 0 aromatic heterocycles. The molecular weight excluding hydrogens is 128 g/mol. The Morgan fingerprint density at radius 1 is 1.70 bits per heavy atom. The fourth-order valence-electron chi connectivity index (χ4n) is 0.527. The molecule has 0 bridgehead atoms. The molecule has 1 atom stereocenters. The summed E-state index contributed by atoms with van der Waals surface area (Å²) in [6.07, 6.45) is 2.59. The van der Waals surface area contributed by atoms with Crippen molar-refractivity contribution in [2.45, 2.75) is 12.5 Å². The van der Waals surface area contributed by atoms with E-state index in [0.29, 0.717) is 6.61 Å². The van der Waals surface area contributed by atoms with Gasteiger partial charge < -0.3 is 5.73 Å². The number of nitrogens with zero attached hydrogens (tertiary/aromatic N) is 1. The molecule has 0 radical (unpaired) electrons. The normalized spacial score (nSPS) is 13.6. The molecule has 0 aromatic carbocycles. The highest BCUT2D eigenvalue weighted by Gasteiger charge is 1.99. The molecule has 0 spiro atoms. The lowest BCUT2D eigenvalue weighted by Gasteiger charge is -2.13. The van der Waals surface area contributed by atoms with Crippen molar-refractivity contribution in [3.05, 3.63) is 12.7 Å². The van der Waals surface area contributed by atoms with Crippen LogP contribution in [0.1, 0.15) is 6.42 Å².